The molecule has 6 nitrogen and oxygen atoms in total. The monoisotopic (exact) mass is 378 g/mol. The molecule has 1 amide bonds. The Labute approximate surface area is 151 Å². The van der Waals surface area contributed by atoms with Crippen LogP contribution in [-0.2, 0) is 21.4 Å². The van der Waals surface area contributed by atoms with Crippen LogP contribution in [0.2, 0.25) is 0 Å². The first-order chi connectivity index (χ1) is 12.4. The highest BCUT2D eigenvalue weighted by molar-refractivity contribution is 7.89. The van der Waals surface area contributed by atoms with Gasteiger partial charge in [0.15, 0.2) is 0 Å². The molecule has 1 heterocycles. The molecule has 2 aromatic carbocycles. The van der Waals surface area contributed by atoms with Gasteiger partial charge >= 0.3 is 0 Å². The lowest BCUT2D eigenvalue weighted by Crippen LogP contribution is -2.26. The second-order valence-electron chi connectivity index (χ2n) is 5.94. The lowest BCUT2D eigenvalue weighted by atomic mass is 10.2. The van der Waals surface area contributed by atoms with Gasteiger partial charge in [-0.3, -0.25) is 4.79 Å². The highest BCUT2D eigenvalue weighted by atomic mass is 32.2. The van der Waals surface area contributed by atoms with E-state index in [1.165, 1.54) is 43.5 Å². The summed E-state index contributed by atoms with van der Waals surface area (Å²) in [5.74, 6) is -0.231. The summed E-state index contributed by atoms with van der Waals surface area (Å²) < 4.78 is 46.1. The van der Waals surface area contributed by atoms with Gasteiger partial charge in [0, 0.05) is 25.2 Å². The van der Waals surface area contributed by atoms with E-state index in [0.717, 1.165) is 6.42 Å². The van der Waals surface area contributed by atoms with Crippen LogP contribution in [0.4, 0.5) is 10.1 Å². The number of nitrogens with one attached hydrogen (secondary N) is 1. The van der Waals surface area contributed by atoms with Crippen molar-refractivity contribution in [1.29, 1.82) is 0 Å². The van der Waals surface area contributed by atoms with Gasteiger partial charge in [0.05, 0.1) is 7.11 Å². The van der Waals surface area contributed by atoms with Crippen molar-refractivity contribution in [3.05, 3.63) is 53.8 Å². The van der Waals surface area contributed by atoms with Gasteiger partial charge in [-0.25, -0.2) is 17.5 Å². The van der Waals surface area contributed by atoms with E-state index in [4.69, 9.17) is 4.74 Å². The van der Waals surface area contributed by atoms with Crippen LogP contribution in [-0.4, -0.2) is 28.0 Å². The number of rotatable bonds is 6. The number of carbonyl (C=O) groups is 1. The fourth-order valence-electron chi connectivity index (χ4n) is 2.82. The van der Waals surface area contributed by atoms with Gasteiger partial charge in [0.2, 0.25) is 15.9 Å². The molecular weight excluding hydrogens is 359 g/mol. The molecule has 0 bridgehead atoms. The lowest BCUT2D eigenvalue weighted by molar-refractivity contribution is -0.117. The maximum atomic E-state index is 13.0. The number of sulfonamides is 1. The number of amides is 1. The molecule has 2 aromatic rings. The Morgan fingerprint density at radius 3 is 2.54 bits per heavy atom. The lowest BCUT2D eigenvalue weighted by Gasteiger charge is -2.18. The van der Waals surface area contributed by atoms with Gasteiger partial charge in [0.1, 0.15) is 16.5 Å². The first-order valence-corrected chi connectivity index (χ1v) is 9.61. The Balaban J connectivity index is 1.87. The van der Waals surface area contributed by atoms with Crippen LogP contribution in [0.15, 0.2) is 47.4 Å². The third kappa shape index (κ3) is 3.86. The Morgan fingerprint density at radius 1 is 1.19 bits per heavy atom. The Morgan fingerprint density at radius 2 is 1.92 bits per heavy atom. The van der Waals surface area contributed by atoms with Crippen LogP contribution >= 0.6 is 0 Å². The average molecular weight is 378 g/mol. The fourth-order valence-corrected chi connectivity index (χ4v) is 4.03. The van der Waals surface area contributed by atoms with Crippen molar-refractivity contribution in [2.24, 2.45) is 0 Å². The summed E-state index contributed by atoms with van der Waals surface area (Å²) in [5, 5.41) is 0. The number of nitrogens with zero attached hydrogens (tertiary/aromatic N) is 1. The molecule has 3 rings (SSSR count). The largest absolute Gasteiger partial charge is 0.495 e. The Kier molecular flexibility index (Phi) is 5.24. The third-order valence-electron chi connectivity index (χ3n) is 4.20. The molecule has 1 N–H and O–H groups in total. The first-order valence-electron chi connectivity index (χ1n) is 8.13. The molecule has 0 radical (unpaired) electrons. The van der Waals surface area contributed by atoms with Gasteiger partial charge in [-0.05, 0) is 42.3 Å². The van der Waals surface area contributed by atoms with Gasteiger partial charge in [-0.2, -0.15) is 0 Å². The number of benzene rings is 2. The maximum absolute atomic E-state index is 13.0. The summed E-state index contributed by atoms with van der Waals surface area (Å²) in [4.78, 5) is 13.5. The summed E-state index contributed by atoms with van der Waals surface area (Å²) >= 11 is 0. The summed E-state index contributed by atoms with van der Waals surface area (Å²) in [7, 11) is -2.50. The highest BCUT2D eigenvalue weighted by Crippen LogP contribution is 2.31. The number of hydrogen-bond donors (Lipinski definition) is 1. The second kappa shape index (κ2) is 7.43. The molecule has 1 aliphatic heterocycles. The number of anilines is 1. The predicted molar refractivity (Wildman–Crippen MR) is 95.0 cm³/mol. The van der Waals surface area contributed by atoms with Crippen LogP contribution in [0.3, 0.4) is 0 Å². The molecule has 0 atom stereocenters. The molecule has 0 unspecified atom stereocenters. The highest BCUT2D eigenvalue weighted by Gasteiger charge is 2.25. The number of carbonyl (C=O) groups excluding carboxylic acids is 1. The van der Waals surface area contributed by atoms with E-state index in [0.29, 0.717) is 24.2 Å². The molecule has 0 aliphatic carbocycles. The minimum absolute atomic E-state index is 0.0125. The zero-order valence-corrected chi connectivity index (χ0v) is 15.1. The second-order valence-corrected chi connectivity index (χ2v) is 7.67. The normalized spacial score (nSPS) is 14.7. The number of halogens is 1. The smallest absolute Gasteiger partial charge is 0.244 e. The van der Waals surface area contributed by atoms with Crippen molar-refractivity contribution in [3.8, 4) is 5.75 Å². The first kappa shape index (κ1) is 18.3. The Bertz CT molecular complexity index is 913. The minimum atomic E-state index is -3.89. The van der Waals surface area contributed by atoms with Crippen LogP contribution in [0.1, 0.15) is 18.4 Å². The molecule has 8 heteroatoms. The molecule has 0 aromatic heterocycles. The van der Waals surface area contributed by atoms with E-state index in [2.05, 4.69) is 4.72 Å². The standard InChI is InChI=1S/C18H19FN2O4S/c1-25-16-9-8-15(21-10-2-3-18(21)22)11-17(16)26(23,24)20-12-13-4-6-14(19)7-5-13/h4-9,11,20H,2-3,10,12H2,1H3. The van der Waals surface area contributed by atoms with E-state index in [1.807, 2.05) is 0 Å². The summed E-state index contributed by atoms with van der Waals surface area (Å²) in [6.45, 7) is 0.576. The van der Waals surface area contributed by atoms with E-state index < -0.39 is 10.0 Å². The summed E-state index contributed by atoms with van der Waals surface area (Å²) in [6.07, 6.45) is 1.20. The van der Waals surface area contributed by atoms with Crippen LogP contribution in [0.5, 0.6) is 5.75 Å². The van der Waals surface area contributed by atoms with Crippen molar-refractivity contribution in [3.63, 3.8) is 0 Å². The van der Waals surface area contributed by atoms with E-state index in [-0.39, 0.29) is 28.9 Å². The molecular formula is C18H19FN2O4S. The van der Waals surface area contributed by atoms with E-state index in [9.17, 15) is 17.6 Å². The molecule has 138 valence electrons. The van der Waals surface area contributed by atoms with Gasteiger partial charge in [-0.15, -0.1) is 0 Å². The molecule has 26 heavy (non-hydrogen) atoms. The number of hydrogen-bond acceptors (Lipinski definition) is 4. The number of methoxy groups -OCH3 is 1. The Hall–Kier alpha value is -2.45. The SMILES string of the molecule is COc1ccc(N2CCCC2=O)cc1S(=O)(=O)NCc1ccc(F)cc1. The summed E-state index contributed by atoms with van der Waals surface area (Å²) in [5.41, 5.74) is 1.15. The third-order valence-corrected chi connectivity index (χ3v) is 5.62. The molecule has 1 fully saturated rings. The zero-order valence-electron chi connectivity index (χ0n) is 14.2. The molecule has 0 spiro atoms. The van der Waals surface area contributed by atoms with Crippen molar-refractivity contribution in [1.82, 2.24) is 4.72 Å². The van der Waals surface area contributed by atoms with Crippen LogP contribution < -0.4 is 14.4 Å². The predicted octanol–water partition coefficient (Wildman–Crippen LogP) is 2.44. The molecule has 0 saturated carbocycles. The topological polar surface area (TPSA) is 75.7 Å². The van der Waals surface area contributed by atoms with E-state index in [1.54, 1.807) is 11.0 Å². The van der Waals surface area contributed by atoms with Crippen molar-refractivity contribution in [2.75, 3.05) is 18.6 Å². The molecule has 1 saturated heterocycles. The number of ether oxygens (including phenoxy) is 1. The van der Waals surface area contributed by atoms with Gasteiger partial charge in [-0.1, -0.05) is 12.1 Å². The van der Waals surface area contributed by atoms with Crippen molar-refractivity contribution in [2.45, 2.75) is 24.3 Å². The van der Waals surface area contributed by atoms with Crippen LogP contribution in [0, 0.1) is 5.82 Å². The van der Waals surface area contributed by atoms with Crippen molar-refractivity contribution < 1.29 is 22.3 Å². The van der Waals surface area contributed by atoms with Gasteiger partial charge < -0.3 is 9.64 Å². The fraction of sp³-hybridized carbons (Fsp3) is 0.278. The maximum Gasteiger partial charge on any atom is 0.244 e. The van der Waals surface area contributed by atoms with E-state index >= 15 is 0 Å². The average Bonchev–Trinajstić information content (AvgIpc) is 3.06. The minimum Gasteiger partial charge on any atom is -0.495 e. The quantitative estimate of drug-likeness (QED) is 0.838. The van der Waals surface area contributed by atoms with Crippen molar-refractivity contribution >= 4 is 21.6 Å². The van der Waals surface area contributed by atoms with Gasteiger partial charge in [0.25, 0.3) is 0 Å². The zero-order chi connectivity index (χ0) is 18.7. The summed E-state index contributed by atoms with van der Waals surface area (Å²) in [6, 6.07) is 10.2. The molecule has 1 aliphatic rings. The van der Waals surface area contributed by atoms with Crippen LogP contribution in [0.25, 0.3) is 0 Å².